The molecule has 1 aliphatic carbocycles. The second-order valence-electron chi connectivity index (χ2n) is 6.13. The quantitative estimate of drug-likeness (QED) is 0.794. The summed E-state index contributed by atoms with van der Waals surface area (Å²) in [6.45, 7) is 0.214. The van der Waals surface area contributed by atoms with Gasteiger partial charge >= 0.3 is 6.09 Å². The van der Waals surface area contributed by atoms with Gasteiger partial charge in [-0.25, -0.2) is 4.79 Å². The molecule has 5 heteroatoms. The molecule has 0 saturated heterocycles. The van der Waals surface area contributed by atoms with Crippen LogP contribution in [0.25, 0.3) is 11.1 Å². The van der Waals surface area contributed by atoms with E-state index in [0.717, 1.165) is 12.2 Å². The van der Waals surface area contributed by atoms with E-state index in [-0.39, 0.29) is 18.6 Å². The maximum absolute atomic E-state index is 12.1. The molecule has 1 atom stereocenters. The van der Waals surface area contributed by atoms with Gasteiger partial charge < -0.3 is 15.2 Å². The molecule has 0 saturated carbocycles. The Bertz CT molecular complexity index is 689. The number of hydrogen-bond donors (Lipinski definition) is 2. The molecule has 25 heavy (non-hydrogen) atoms. The number of hydrogen-bond acceptors (Lipinski definition) is 4. The topological polar surface area (TPSA) is 58.6 Å². The summed E-state index contributed by atoms with van der Waals surface area (Å²) in [6.07, 6.45) is 2.26. The number of ether oxygens (including phenoxy) is 1. The summed E-state index contributed by atoms with van der Waals surface area (Å²) >= 11 is 1.69. The van der Waals surface area contributed by atoms with Crippen molar-refractivity contribution in [2.24, 2.45) is 0 Å². The van der Waals surface area contributed by atoms with Gasteiger partial charge in [0.05, 0.1) is 12.6 Å². The SMILES string of the molecule is CSCCC(CO)NC(=O)OCC1c2ccccc2-c2ccccc21. The lowest BCUT2D eigenvalue weighted by Gasteiger charge is -2.18. The van der Waals surface area contributed by atoms with Gasteiger partial charge in [0, 0.05) is 5.92 Å². The third kappa shape index (κ3) is 3.99. The first-order valence-corrected chi connectivity index (χ1v) is 9.85. The Morgan fingerprint density at radius 2 is 1.76 bits per heavy atom. The molecule has 0 radical (unpaired) electrons. The molecule has 1 aliphatic rings. The molecule has 1 amide bonds. The zero-order valence-corrected chi connectivity index (χ0v) is 15.1. The van der Waals surface area contributed by atoms with E-state index in [2.05, 4.69) is 29.6 Å². The smallest absolute Gasteiger partial charge is 0.407 e. The monoisotopic (exact) mass is 357 g/mol. The Morgan fingerprint density at radius 1 is 1.16 bits per heavy atom. The number of carbonyl (C=O) groups is 1. The number of aliphatic hydroxyl groups excluding tert-OH is 1. The first-order chi connectivity index (χ1) is 12.2. The van der Waals surface area contributed by atoms with Gasteiger partial charge in [-0.1, -0.05) is 48.5 Å². The molecule has 1 unspecified atom stereocenters. The number of benzene rings is 2. The zero-order valence-electron chi connectivity index (χ0n) is 14.3. The van der Waals surface area contributed by atoms with E-state index < -0.39 is 6.09 Å². The van der Waals surface area contributed by atoms with E-state index in [1.165, 1.54) is 22.3 Å². The predicted molar refractivity (Wildman–Crippen MR) is 102 cm³/mol. The van der Waals surface area contributed by atoms with Crippen molar-refractivity contribution in [1.82, 2.24) is 5.32 Å². The maximum atomic E-state index is 12.1. The summed E-state index contributed by atoms with van der Waals surface area (Å²) in [7, 11) is 0. The van der Waals surface area contributed by atoms with Crippen LogP contribution in [0.1, 0.15) is 23.5 Å². The summed E-state index contributed by atoms with van der Waals surface area (Å²) in [5.41, 5.74) is 4.80. The summed E-state index contributed by atoms with van der Waals surface area (Å²) < 4.78 is 5.48. The molecule has 3 rings (SSSR count). The molecular weight excluding hydrogens is 334 g/mol. The van der Waals surface area contributed by atoms with Crippen LogP contribution in [0.4, 0.5) is 4.79 Å². The summed E-state index contributed by atoms with van der Waals surface area (Å²) in [4.78, 5) is 12.1. The average molecular weight is 357 g/mol. The molecule has 4 nitrogen and oxygen atoms in total. The van der Waals surface area contributed by atoms with Crippen LogP contribution < -0.4 is 5.32 Å². The molecule has 2 N–H and O–H groups in total. The number of amides is 1. The largest absolute Gasteiger partial charge is 0.449 e. The van der Waals surface area contributed by atoms with Crippen LogP contribution in [0, 0.1) is 0 Å². The molecule has 132 valence electrons. The van der Waals surface area contributed by atoms with Crippen molar-refractivity contribution in [3.05, 3.63) is 59.7 Å². The average Bonchev–Trinajstić information content (AvgIpc) is 2.97. The van der Waals surface area contributed by atoms with Crippen molar-refractivity contribution < 1.29 is 14.6 Å². The Morgan fingerprint density at radius 3 is 2.32 bits per heavy atom. The minimum absolute atomic E-state index is 0.0527. The van der Waals surface area contributed by atoms with Crippen LogP contribution in [0.2, 0.25) is 0 Å². The highest BCUT2D eigenvalue weighted by Crippen LogP contribution is 2.44. The second-order valence-corrected chi connectivity index (χ2v) is 7.12. The van der Waals surface area contributed by atoms with Gasteiger partial charge in [0.1, 0.15) is 6.61 Å². The fourth-order valence-corrected chi connectivity index (χ4v) is 3.80. The Kier molecular flexibility index (Phi) is 6.00. The van der Waals surface area contributed by atoms with Crippen molar-refractivity contribution in [2.75, 3.05) is 25.2 Å². The lowest BCUT2D eigenvalue weighted by molar-refractivity contribution is 0.132. The molecule has 2 aromatic carbocycles. The van der Waals surface area contributed by atoms with Crippen molar-refractivity contribution in [3.63, 3.8) is 0 Å². The minimum Gasteiger partial charge on any atom is -0.449 e. The number of rotatable bonds is 7. The Hall–Kier alpha value is -1.98. The molecule has 0 aliphatic heterocycles. The minimum atomic E-state index is -0.470. The molecule has 0 aromatic heterocycles. The van der Waals surface area contributed by atoms with E-state index >= 15 is 0 Å². The highest BCUT2D eigenvalue weighted by Gasteiger charge is 2.29. The highest BCUT2D eigenvalue weighted by atomic mass is 32.2. The van der Waals surface area contributed by atoms with Gasteiger partial charge in [-0.3, -0.25) is 0 Å². The summed E-state index contributed by atoms with van der Waals surface area (Å²) in [5.74, 6) is 0.937. The fraction of sp³-hybridized carbons (Fsp3) is 0.350. The first kappa shape index (κ1) is 17.8. The van der Waals surface area contributed by atoms with Crippen molar-refractivity contribution in [1.29, 1.82) is 0 Å². The molecule has 0 fully saturated rings. The van der Waals surface area contributed by atoms with Gasteiger partial charge in [-0.05, 0) is 40.7 Å². The third-order valence-corrected chi connectivity index (χ3v) is 5.20. The maximum Gasteiger partial charge on any atom is 0.407 e. The van der Waals surface area contributed by atoms with Gasteiger partial charge in [0.15, 0.2) is 0 Å². The Balaban J connectivity index is 1.66. The lowest BCUT2D eigenvalue weighted by atomic mass is 9.98. The van der Waals surface area contributed by atoms with Crippen LogP contribution in [-0.4, -0.2) is 42.5 Å². The molecule has 0 spiro atoms. The second kappa shape index (κ2) is 8.41. The van der Waals surface area contributed by atoms with Crippen LogP contribution in [-0.2, 0) is 4.74 Å². The highest BCUT2D eigenvalue weighted by molar-refractivity contribution is 7.98. The van der Waals surface area contributed by atoms with Gasteiger partial charge in [-0.15, -0.1) is 0 Å². The Labute approximate surface area is 152 Å². The van der Waals surface area contributed by atoms with Crippen LogP contribution in [0.5, 0.6) is 0 Å². The molecule has 0 bridgehead atoms. The van der Waals surface area contributed by atoms with Crippen LogP contribution in [0.3, 0.4) is 0 Å². The van der Waals surface area contributed by atoms with E-state index in [1.54, 1.807) is 11.8 Å². The zero-order chi connectivity index (χ0) is 17.6. The van der Waals surface area contributed by atoms with E-state index in [9.17, 15) is 9.90 Å². The molecule has 0 heterocycles. The normalized spacial score (nSPS) is 13.8. The number of nitrogens with one attached hydrogen (secondary N) is 1. The number of alkyl carbamates (subject to hydrolysis) is 1. The van der Waals surface area contributed by atoms with Crippen molar-refractivity contribution >= 4 is 17.9 Å². The summed E-state index contributed by atoms with van der Waals surface area (Å²) in [6, 6.07) is 16.2. The van der Waals surface area contributed by atoms with Gasteiger partial charge in [0.2, 0.25) is 0 Å². The predicted octanol–water partition coefficient (Wildman–Crippen LogP) is 3.64. The van der Waals surface area contributed by atoms with Crippen LogP contribution >= 0.6 is 11.8 Å². The van der Waals surface area contributed by atoms with Crippen LogP contribution in [0.15, 0.2) is 48.5 Å². The standard InChI is InChI=1S/C20H23NO3S/c1-25-11-10-14(12-22)21-20(23)24-13-19-17-8-4-2-6-15(17)16-7-3-5-9-18(16)19/h2-9,14,19,22H,10-13H2,1H3,(H,21,23). The van der Waals surface area contributed by atoms with Gasteiger partial charge in [0.25, 0.3) is 0 Å². The van der Waals surface area contributed by atoms with Gasteiger partial charge in [-0.2, -0.15) is 11.8 Å². The lowest BCUT2D eigenvalue weighted by Crippen LogP contribution is -2.38. The van der Waals surface area contributed by atoms with E-state index in [4.69, 9.17) is 4.74 Å². The first-order valence-electron chi connectivity index (χ1n) is 8.46. The van der Waals surface area contributed by atoms with Crippen molar-refractivity contribution in [2.45, 2.75) is 18.4 Å². The number of aliphatic hydroxyl groups is 1. The van der Waals surface area contributed by atoms with E-state index in [0.29, 0.717) is 6.61 Å². The third-order valence-electron chi connectivity index (χ3n) is 4.56. The van der Waals surface area contributed by atoms with Crippen molar-refractivity contribution in [3.8, 4) is 11.1 Å². The molecular formula is C20H23NO3S. The van der Waals surface area contributed by atoms with E-state index in [1.807, 2.05) is 30.5 Å². The fourth-order valence-electron chi connectivity index (χ4n) is 3.28. The molecule has 2 aromatic rings. The number of fused-ring (bicyclic) bond motifs is 3. The summed E-state index contributed by atoms with van der Waals surface area (Å²) in [5, 5.41) is 12.1. The number of carbonyl (C=O) groups excluding carboxylic acids is 1. The number of thioether (sulfide) groups is 1.